The van der Waals surface area contributed by atoms with Crippen LogP contribution in [0.15, 0.2) is 23.1 Å². The number of carboxylic acids is 1. The summed E-state index contributed by atoms with van der Waals surface area (Å²) in [5.41, 5.74) is -0.334. The molecule has 0 fully saturated rings. The van der Waals surface area contributed by atoms with Gasteiger partial charge in [0.05, 0.1) is 12.2 Å². The molecule has 0 spiro atoms. The molecule has 0 aliphatic rings. The minimum Gasteiger partial charge on any atom is -0.478 e. The average molecular weight is 291 g/mol. The number of benzene rings is 1. The van der Waals surface area contributed by atoms with E-state index in [1.54, 1.807) is 6.92 Å². The number of halogens is 1. The molecule has 1 unspecified atom stereocenters. The molecule has 1 atom stereocenters. The molecule has 0 saturated heterocycles. The molecule has 0 aliphatic carbocycles. The van der Waals surface area contributed by atoms with Crippen LogP contribution >= 0.6 is 0 Å². The van der Waals surface area contributed by atoms with Crippen molar-refractivity contribution in [3.63, 3.8) is 0 Å². The highest BCUT2D eigenvalue weighted by atomic mass is 32.2. The summed E-state index contributed by atoms with van der Waals surface area (Å²) >= 11 is 0. The van der Waals surface area contributed by atoms with Gasteiger partial charge in [-0.25, -0.2) is 22.3 Å². The topological polar surface area (TPSA) is 104 Å². The van der Waals surface area contributed by atoms with Gasteiger partial charge in [-0.2, -0.15) is 0 Å². The van der Waals surface area contributed by atoms with Crippen LogP contribution in [-0.2, 0) is 10.0 Å². The van der Waals surface area contributed by atoms with Crippen molar-refractivity contribution in [3.05, 3.63) is 29.6 Å². The van der Waals surface area contributed by atoms with Crippen LogP contribution in [0.2, 0.25) is 0 Å². The van der Waals surface area contributed by atoms with Gasteiger partial charge in [-0.15, -0.1) is 0 Å². The third kappa shape index (κ3) is 3.72. The molecule has 3 N–H and O–H groups in total. The van der Waals surface area contributed by atoms with Crippen LogP contribution in [-0.4, -0.2) is 37.2 Å². The number of carbonyl (C=O) groups is 1. The fourth-order valence-electron chi connectivity index (χ4n) is 1.37. The molecule has 8 heteroatoms. The second-order valence-corrected chi connectivity index (χ2v) is 5.54. The van der Waals surface area contributed by atoms with Gasteiger partial charge in [0.15, 0.2) is 0 Å². The predicted molar refractivity (Wildman–Crippen MR) is 64.8 cm³/mol. The molecular formula is C11H14FNO5S. The molecule has 0 bridgehead atoms. The first-order chi connectivity index (χ1) is 8.81. The van der Waals surface area contributed by atoms with Crippen LogP contribution in [0, 0.1) is 5.82 Å². The van der Waals surface area contributed by atoms with E-state index in [0.29, 0.717) is 6.42 Å². The van der Waals surface area contributed by atoms with Crippen molar-refractivity contribution in [2.24, 2.45) is 0 Å². The van der Waals surface area contributed by atoms with E-state index in [1.807, 2.05) is 0 Å². The van der Waals surface area contributed by atoms with E-state index in [4.69, 9.17) is 10.2 Å². The Kier molecular flexibility index (Phi) is 4.98. The lowest BCUT2D eigenvalue weighted by Crippen LogP contribution is -2.37. The highest BCUT2D eigenvalue weighted by Crippen LogP contribution is 2.17. The third-order valence-electron chi connectivity index (χ3n) is 2.50. The van der Waals surface area contributed by atoms with Crippen molar-refractivity contribution in [2.75, 3.05) is 6.61 Å². The van der Waals surface area contributed by atoms with Gasteiger partial charge in [0.1, 0.15) is 10.7 Å². The standard InChI is InChI=1S/C11H14FNO5S/c1-2-8(6-14)13-19(17,18)10-5-7(11(15)16)3-4-9(10)12/h3-5,8,13-14H,2,6H2,1H3,(H,15,16). The van der Waals surface area contributed by atoms with Crippen molar-refractivity contribution in [1.29, 1.82) is 0 Å². The SMILES string of the molecule is CCC(CO)NS(=O)(=O)c1cc(C(=O)O)ccc1F. The van der Waals surface area contributed by atoms with Gasteiger partial charge in [0.25, 0.3) is 0 Å². The Bertz CT molecular complexity index is 568. The lowest BCUT2D eigenvalue weighted by Gasteiger charge is -2.15. The first kappa shape index (κ1) is 15.5. The van der Waals surface area contributed by atoms with Crippen LogP contribution in [0.3, 0.4) is 0 Å². The zero-order chi connectivity index (χ0) is 14.6. The number of sulfonamides is 1. The maximum atomic E-state index is 13.5. The number of hydrogen-bond donors (Lipinski definition) is 3. The Balaban J connectivity index is 3.20. The Morgan fingerprint density at radius 2 is 2.11 bits per heavy atom. The van der Waals surface area contributed by atoms with Crippen molar-refractivity contribution in [2.45, 2.75) is 24.3 Å². The van der Waals surface area contributed by atoms with Gasteiger partial charge in [0, 0.05) is 6.04 Å². The van der Waals surface area contributed by atoms with E-state index in [2.05, 4.69) is 4.72 Å². The summed E-state index contributed by atoms with van der Waals surface area (Å²) in [7, 11) is -4.22. The molecule has 1 aromatic rings. The molecule has 1 aromatic carbocycles. The Morgan fingerprint density at radius 3 is 2.58 bits per heavy atom. The second kappa shape index (κ2) is 6.09. The molecule has 0 amide bonds. The van der Waals surface area contributed by atoms with Crippen LogP contribution in [0.1, 0.15) is 23.7 Å². The van der Waals surface area contributed by atoms with Gasteiger partial charge in [-0.05, 0) is 24.6 Å². The molecule has 1 rings (SSSR count). The lowest BCUT2D eigenvalue weighted by atomic mass is 10.2. The number of nitrogens with one attached hydrogen (secondary N) is 1. The largest absolute Gasteiger partial charge is 0.478 e. The molecule has 0 aromatic heterocycles. The van der Waals surface area contributed by atoms with Crippen molar-refractivity contribution >= 4 is 16.0 Å². The Morgan fingerprint density at radius 1 is 1.47 bits per heavy atom. The van der Waals surface area contributed by atoms with Crippen LogP contribution < -0.4 is 4.72 Å². The quantitative estimate of drug-likeness (QED) is 0.711. The highest BCUT2D eigenvalue weighted by molar-refractivity contribution is 7.89. The zero-order valence-corrected chi connectivity index (χ0v) is 10.9. The van der Waals surface area contributed by atoms with Gasteiger partial charge in [-0.3, -0.25) is 0 Å². The second-order valence-electron chi connectivity index (χ2n) is 3.86. The molecule has 106 valence electrons. The van der Waals surface area contributed by atoms with E-state index in [-0.39, 0.29) is 5.56 Å². The summed E-state index contributed by atoms with van der Waals surface area (Å²) in [5.74, 6) is -2.41. The fraction of sp³-hybridized carbons (Fsp3) is 0.364. The Hall–Kier alpha value is -1.51. The van der Waals surface area contributed by atoms with E-state index in [1.165, 1.54) is 0 Å². The van der Waals surface area contributed by atoms with Crippen LogP contribution in [0.4, 0.5) is 4.39 Å². The van der Waals surface area contributed by atoms with Gasteiger partial charge in [-0.1, -0.05) is 6.92 Å². The van der Waals surface area contributed by atoms with Gasteiger partial charge in [0.2, 0.25) is 10.0 Å². The highest BCUT2D eigenvalue weighted by Gasteiger charge is 2.23. The number of carboxylic acid groups (broad SMARTS) is 1. The fourth-order valence-corrected chi connectivity index (χ4v) is 2.79. The number of aliphatic hydroxyl groups is 1. The first-order valence-electron chi connectivity index (χ1n) is 5.47. The summed E-state index contributed by atoms with van der Waals surface area (Å²) in [6.45, 7) is 1.21. The van der Waals surface area contributed by atoms with E-state index in [9.17, 15) is 17.6 Å². The number of aromatic carboxylic acids is 1. The minimum atomic E-state index is -4.22. The maximum Gasteiger partial charge on any atom is 0.335 e. The average Bonchev–Trinajstić information content (AvgIpc) is 2.35. The molecule has 0 saturated carbocycles. The number of hydrogen-bond acceptors (Lipinski definition) is 4. The van der Waals surface area contributed by atoms with Crippen molar-refractivity contribution in [1.82, 2.24) is 4.72 Å². The van der Waals surface area contributed by atoms with Crippen molar-refractivity contribution in [3.8, 4) is 0 Å². The van der Waals surface area contributed by atoms with Crippen LogP contribution in [0.5, 0.6) is 0 Å². The van der Waals surface area contributed by atoms with E-state index >= 15 is 0 Å². The van der Waals surface area contributed by atoms with E-state index < -0.39 is 39.4 Å². The molecule has 19 heavy (non-hydrogen) atoms. The first-order valence-corrected chi connectivity index (χ1v) is 6.96. The smallest absolute Gasteiger partial charge is 0.335 e. The van der Waals surface area contributed by atoms with Crippen LogP contribution in [0.25, 0.3) is 0 Å². The molecule has 0 heterocycles. The van der Waals surface area contributed by atoms with Gasteiger partial charge >= 0.3 is 5.97 Å². The predicted octanol–water partition coefficient (Wildman–Crippen LogP) is 0.573. The monoisotopic (exact) mass is 291 g/mol. The number of aliphatic hydroxyl groups excluding tert-OH is 1. The minimum absolute atomic E-state index is 0.315. The van der Waals surface area contributed by atoms with E-state index in [0.717, 1.165) is 18.2 Å². The summed E-state index contributed by atoms with van der Waals surface area (Å²) in [4.78, 5) is 10.00. The molecule has 0 aliphatic heterocycles. The third-order valence-corrected chi connectivity index (χ3v) is 4.04. The Labute approximate surface area is 109 Å². The molecular weight excluding hydrogens is 277 g/mol. The summed E-state index contributed by atoms with van der Waals surface area (Å²) in [6, 6.07) is 1.74. The zero-order valence-electron chi connectivity index (χ0n) is 10.1. The molecule has 6 nitrogen and oxygen atoms in total. The summed E-state index contributed by atoms with van der Waals surface area (Å²) in [5, 5.41) is 17.7. The summed E-state index contributed by atoms with van der Waals surface area (Å²) < 4.78 is 39.4. The summed E-state index contributed by atoms with van der Waals surface area (Å²) in [6.07, 6.45) is 0.315. The normalized spacial score (nSPS) is 13.2. The van der Waals surface area contributed by atoms with Gasteiger partial charge < -0.3 is 10.2 Å². The molecule has 0 radical (unpaired) electrons. The van der Waals surface area contributed by atoms with Crippen molar-refractivity contribution < 1.29 is 27.8 Å². The number of rotatable bonds is 6. The lowest BCUT2D eigenvalue weighted by molar-refractivity contribution is 0.0696. The maximum absolute atomic E-state index is 13.5.